The van der Waals surface area contributed by atoms with Gasteiger partial charge in [-0.2, -0.15) is 0 Å². The lowest BCUT2D eigenvalue weighted by Gasteiger charge is -2.33. The van der Waals surface area contributed by atoms with E-state index < -0.39 is 77.6 Å². The third kappa shape index (κ3) is 12.0. The van der Waals surface area contributed by atoms with Gasteiger partial charge in [0.15, 0.2) is 0 Å². The third-order valence-electron chi connectivity index (χ3n) is 10.8. The number of carbonyl (C=O) groups excluding carboxylic acids is 7. The van der Waals surface area contributed by atoms with Gasteiger partial charge in [-0.3, -0.25) is 33.6 Å². The molecule has 0 bridgehead atoms. The molecule has 0 spiro atoms. The molecule has 2 saturated heterocycles. The van der Waals surface area contributed by atoms with Gasteiger partial charge in [0, 0.05) is 26.4 Å². The summed E-state index contributed by atoms with van der Waals surface area (Å²) in [4.78, 5) is 97.0. The Hall–Kier alpha value is -4.49. The van der Waals surface area contributed by atoms with E-state index in [0.717, 1.165) is 5.56 Å². The first-order valence-electron chi connectivity index (χ1n) is 19.3. The first-order valence-corrected chi connectivity index (χ1v) is 19.3. The van der Waals surface area contributed by atoms with Crippen LogP contribution in [0.4, 0.5) is 0 Å². The monoisotopic (exact) mass is 739 g/mol. The Balaban J connectivity index is 2.05. The van der Waals surface area contributed by atoms with Gasteiger partial charge in [0.2, 0.25) is 41.4 Å². The smallest absolute Gasteiger partial charge is 0.246 e. The van der Waals surface area contributed by atoms with E-state index in [0.29, 0.717) is 32.1 Å². The normalized spacial score (nSPS) is 25.9. The highest BCUT2D eigenvalue weighted by Gasteiger charge is 2.41. The topological polar surface area (TPSA) is 195 Å². The Kier molecular flexibility index (Phi) is 16.7. The fourth-order valence-corrected chi connectivity index (χ4v) is 6.80. The van der Waals surface area contributed by atoms with Crippen LogP contribution < -0.4 is 31.9 Å². The highest BCUT2D eigenvalue weighted by molar-refractivity contribution is 5.97. The van der Waals surface area contributed by atoms with Crippen LogP contribution in [-0.4, -0.2) is 95.6 Å². The molecule has 1 unspecified atom stereocenters. The van der Waals surface area contributed by atoms with Crippen molar-refractivity contribution in [3.8, 4) is 0 Å². The fourth-order valence-electron chi connectivity index (χ4n) is 6.80. The summed E-state index contributed by atoms with van der Waals surface area (Å²) < 4.78 is 0. The summed E-state index contributed by atoms with van der Waals surface area (Å²) in [7, 11) is 0. The maximum Gasteiger partial charge on any atom is 0.246 e. The molecule has 14 nitrogen and oxygen atoms in total. The van der Waals surface area contributed by atoms with E-state index in [-0.39, 0.29) is 50.1 Å². The molecule has 0 radical (unpaired) electrons. The molecule has 0 aromatic heterocycles. The average Bonchev–Trinajstić information content (AvgIpc) is 3.64. The SMILES string of the molecule is CC[C@H](C)C1NC(=O)[C@@H]2CCCN2C(=O)[C@@H](Cc2ccccc2)NC(=O)[C@@H](NC(=O)[C@@H](NC(C)=O)[C@@H](C)CC)CCCNC(=O)[C@H]([C@@H](C)CC)NC1=O. The number of amides is 7. The fraction of sp³-hybridized carbons (Fsp3) is 0.667. The van der Waals surface area contributed by atoms with E-state index in [1.54, 1.807) is 0 Å². The first kappa shape index (κ1) is 42.9. The number of carbonyl (C=O) groups is 7. The van der Waals surface area contributed by atoms with E-state index >= 15 is 0 Å². The number of rotatable bonds is 11. The van der Waals surface area contributed by atoms with Gasteiger partial charge in [0.25, 0.3) is 0 Å². The van der Waals surface area contributed by atoms with Crippen LogP contribution in [0.15, 0.2) is 30.3 Å². The highest BCUT2D eigenvalue weighted by atomic mass is 16.2. The van der Waals surface area contributed by atoms with Gasteiger partial charge in [-0.05, 0) is 49.0 Å². The molecule has 2 heterocycles. The molecule has 9 atom stereocenters. The lowest BCUT2D eigenvalue weighted by molar-refractivity contribution is -0.143. The predicted molar refractivity (Wildman–Crippen MR) is 201 cm³/mol. The van der Waals surface area contributed by atoms with Crippen molar-refractivity contribution in [3.05, 3.63) is 35.9 Å². The number of nitrogens with zero attached hydrogens (tertiary/aromatic N) is 1. The minimum Gasteiger partial charge on any atom is -0.354 e. The van der Waals surface area contributed by atoms with E-state index in [2.05, 4.69) is 31.9 Å². The van der Waals surface area contributed by atoms with Crippen LogP contribution in [0, 0.1) is 17.8 Å². The van der Waals surface area contributed by atoms with Gasteiger partial charge in [0.1, 0.15) is 36.3 Å². The Morgan fingerprint density at radius 1 is 0.792 bits per heavy atom. The lowest BCUT2D eigenvalue weighted by atomic mass is 9.94. The molecule has 53 heavy (non-hydrogen) atoms. The zero-order valence-electron chi connectivity index (χ0n) is 32.5. The molecule has 2 aliphatic heterocycles. The highest BCUT2D eigenvalue weighted by Crippen LogP contribution is 2.22. The minimum atomic E-state index is -1.12. The molecule has 294 valence electrons. The van der Waals surface area contributed by atoms with Crippen molar-refractivity contribution < 1.29 is 33.6 Å². The maximum absolute atomic E-state index is 14.4. The van der Waals surface area contributed by atoms with Crippen LogP contribution in [0.1, 0.15) is 99.0 Å². The van der Waals surface area contributed by atoms with Crippen LogP contribution in [0.5, 0.6) is 0 Å². The summed E-state index contributed by atoms with van der Waals surface area (Å²) in [6, 6.07) is 3.37. The Labute approximate surface area is 314 Å². The van der Waals surface area contributed by atoms with Crippen LogP contribution in [0.25, 0.3) is 0 Å². The standard InChI is InChI=1S/C39H61N7O7/c1-8-23(4)31-36(50)40-20-14-18-28(42-37(51)32(24(5)9-2)41-26(7)47)34(48)43-29(22-27-16-12-11-13-17-27)39(53)46-21-15-19-30(46)35(49)44-33(25(6)10-3)38(52)45-31/h11-13,16-17,23-25,28-33H,8-10,14-15,18-22H2,1-7H3,(H,40,50)(H,41,47)(H,42,51)(H,43,48)(H,44,49)(H,45,52)/t23-,24-,25-,28-,29+,30-,31-,32-,33?/m0/s1. The zero-order chi connectivity index (χ0) is 39.2. The van der Waals surface area contributed by atoms with Crippen LogP contribution in [0.3, 0.4) is 0 Å². The summed E-state index contributed by atoms with van der Waals surface area (Å²) in [5.41, 5.74) is 0.781. The van der Waals surface area contributed by atoms with E-state index in [1.807, 2.05) is 71.9 Å². The van der Waals surface area contributed by atoms with Crippen molar-refractivity contribution in [1.29, 1.82) is 0 Å². The summed E-state index contributed by atoms with van der Waals surface area (Å²) in [5, 5.41) is 17.1. The molecule has 0 saturated carbocycles. The molecule has 1 aromatic carbocycles. The molecule has 0 aliphatic carbocycles. The summed E-state index contributed by atoms with van der Waals surface area (Å²) in [5.74, 6) is -4.07. The van der Waals surface area contributed by atoms with Gasteiger partial charge >= 0.3 is 0 Å². The summed E-state index contributed by atoms with van der Waals surface area (Å²) in [6.45, 7) is 13.0. The number of benzene rings is 1. The van der Waals surface area contributed by atoms with Crippen molar-refractivity contribution in [2.75, 3.05) is 13.1 Å². The van der Waals surface area contributed by atoms with Crippen molar-refractivity contribution in [2.24, 2.45) is 17.8 Å². The van der Waals surface area contributed by atoms with Crippen molar-refractivity contribution in [1.82, 2.24) is 36.8 Å². The average molecular weight is 740 g/mol. The number of hydrogen-bond acceptors (Lipinski definition) is 7. The summed E-state index contributed by atoms with van der Waals surface area (Å²) >= 11 is 0. The number of hydrogen-bond donors (Lipinski definition) is 6. The second kappa shape index (κ2) is 20.7. The molecular formula is C39H61N7O7. The molecule has 1 aromatic rings. The van der Waals surface area contributed by atoms with E-state index in [1.165, 1.54) is 11.8 Å². The zero-order valence-corrected chi connectivity index (χ0v) is 32.5. The lowest BCUT2D eigenvalue weighted by Crippen LogP contribution is -2.61. The number of fused-ring (bicyclic) bond motifs is 1. The Bertz CT molecular complexity index is 1440. The largest absolute Gasteiger partial charge is 0.354 e. The first-order chi connectivity index (χ1) is 25.2. The van der Waals surface area contributed by atoms with Crippen molar-refractivity contribution >= 4 is 41.4 Å². The van der Waals surface area contributed by atoms with Crippen molar-refractivity contribution in [3.63, 3.8) is 0 Å². The second-order valence-corrected chi connectivity index (χ2v) is 14.7. The molecule has 2 aliphatic rings. The molecular weight excluding hydrogens is 678 g/mol. The van der Waals surface area contributed by atoms with E-state index in [9.17, 15) is 33.6 Å². The molecule has 7 amide bonds. The van der Waals surface area contributed by atoms with Gasteiger partial charge in [0.05, 0.1) is 0 Å². The molecule has 3 rings (SSSR count). The van der Waals surface area contributed by atoms with Gasteiger partial charge in [-0.25, -0.2) is 0 Å². The van der Waals surface area contributed by atoms with Gasteiger partial charge in [-0.1, -0.05) is 91.1 Å². The predicted octanol–water partition coefficient (Wildman–Crippen LogP) is 1.71. The van der Waals surface area contributed by atoms with Crippen molar-refractivity contribution in [2.45, 2.75) is 136 Å². The van der Waals surface area contributed by atoms with Crippen LogP contribution >= 0.6 is 0 Å². The molecule has 6 N–H and O–H groups in total. The van der Waals surface area contributed by atoms with Crippen LogP contribution in [-0.2, 0) is 40.0 Å². The summed E-state index contributed by atoms with van der Waals surface area (Å²) in [6.07, 6.45) is 3.19. The van der Waals surface area contributed by atoms with Gasteiger partial charge in [-0.15, -0.1) is 0 Å². The second-order valence-electron chi connectivity index (χ2n) is 14.7. The van der Waals surface area contributed by atoms with Gasteiger partial charge < -0.3 is 36.8 Å². The maximum atomic E-state index is 14.4. The molecule has 2 fully saturated rings. The van der Waals surface area contributed by atoms with E-state index in [4.69, 9.17) is 0 Å². The minimum absolute atomic E-state index is 0.0998. The third-order valence-corrected chi connectivity index (χ3v) is 10.8. The molecule has 14 heteroatoms. The quantitative estimate of drug-likeness (QED) is 0.199. The van der Waals surface area contributed by atoms with Crippen LogP contribution in [0.2, 0.25) is 0 Å². The number of nitrogens with one attached hydrogen (secondary N) is 6. The Morgan fingerprint density at radius 2 is 1.42 bits per heavy atom. The Morgan fingerprint density at radius 3 is 2.02 bits per heavy atom.